The summed E-state index contributed by atoms with van der Waals surface area (Å²) in [6.45, 7) is 1.50. The number of imidazole rings is 1. The normalized spacial score (nSPS) is 11.3. The predicted molar refractivity (Wildman–Crippen MR) is 80.3 cm³/mol. The van der Waals surface area contributed by atoms with Crippen molar-refractivity contribution in [2.24, 2.45) is 0 Å². The summed E-state index contributed by atoms with van der Waals surface area (Å²) < 4.78 is 29.6. The topological polar surface area (TPSA) is 17.8 Å². The van der Waals surface area contributed by atoms with Crippen molar-refractivity contribution in [3.05, 3.63) is 58.4 Å². The second-order valence-corrected chi connectivity index (χ2v) is 5.33. The Morgan fingerprint density at radius 3 is 2.67 bits per heavy atom. The summed E-state index contributed by atoms with van der Waals surface area (Å²) in [5.41, 5.74) is 1.37. The third kappa shape index (κ3) is 2.28. The Balaban J connectivity index is 2.41. The highest BCUT2D eigenvalue weighted by Crippen LogP contribution is 2.30. The Hall–Kier alpha value is -1.65. The van der Waals surface area contributed by atoms with E-state index in [2.05, 4.69) is 4.98 Å². The minimum Gasteiger partial charge on any atom is -0.291 e. The van der Waals surface area contributed by atoms with Crippen LogP contribution in [0.1, 0.15) is 11.4 Å². The number of para-hydroxylation sites is 1. The maximum Gasteiger partial charge on any atom is 0.147 e. The van der Waals surface area contributed by atoms with Crippen LogP contribution in [-0.4, -0.2) is 9.55 Å². The van der Waals surface area contributed by atoms with Crippen LogP contribution in [-0.2, 0) is 5.88 Å². The number of halogens is 4. The van der Waals surface area contributed by atoms with Gasteiger partial charge in [-0.2, -0.15) is 0 Å². The van der Waals surface area contributed by atoms with Crippen molar-refractivity contribution >= 4 is 34.2 Å². The lowest BCUT2D eigenvalue weighted by Gasteiger charge is -2.11. The van der Waals surface area contributed by atoms with Crippen LogP contribution >= 0.6 is 23.2 Å². The fourth-order valence-corrected chi connectivity index (χ4v) is 2.72. The molecule has 108 valence electrons. The van der Waals surface area contributed by atoms with E-state index in [-0.39, 0.29) is 17.1 Å². The Morgan fingerprint density at radius 2 is 1.95 bits per heavy atom. The molecule has 0 spiro atoms. The number of fused-ring (bicyclic) bond motifs is 1. The minimum atomic E-state index is -0.556. The van der Waals surface area contributed by atoms with E-state index in [1.165, 1.54) is 11.5 Å². The van der Waals surface area contributed by atoms with E-state index in [1.807, 2.05) is 0 Å². The molecule has 0 saturated carbocycles. The fraction of sp³-hybridized carbons (Fsp3) is 0.133. The number of benzene rings is 2. The van der Waals surface area contributed by atoms with E-state index < -0.39 is 11.6 Å². The van der Waals surface area contributed by atoms with Crippen LogP contribution in [0, 0.1) is 18.6 Å². The third-order valence-corrected chi connectivity index (χ3v) is 3.83. The van der Waals surface area contributed by atoms with Gasteiger partial charge in [-0.1, -0.05) is 17.7 Å². The van der Waals surface area contributed by atoms with Crippen molar-refractivity contribution in [3.8, 4) is 5.69 Å². The third-order valence-electron chi connectivity index (χ3n) is 3.29. The van der Waals surface area contributed by atoms with Gasteiger partial charge in [0.25, 0.3) is 0 Å². The highest BCUT2D eigenvalue weighted by molar-refractivity contribution is 6.35. The summed E-state index contributed by atoms with van der Waals surface area (Å²) >= 11 is 12.1. The SMILES string of the molecule is Cc1cc(F)c(-n2c(CCl)nc3cccc(Cl)c32)cc1F. The summed E-state index contributed by atoms with van der Waals surface area (Å²) in [6.07, 6.45) is 0. The number of hydrogen-bond acceptors (Lipinski definition) is 1. The largest absolute Gasteiger partial charge is 0.291 e. The van der Waals surface area contributed by atoms with Crippen LogP contribution in [0.15, 0.2) is 30.3 Å². The van der Waals surface area contributed by atoms with Crippen molar-refractivity contribution in [3.63, 3.8) is 0 Å². The van der Waals surface area contributed by atoms with Gasteiger partial charge in [0.1, 0.15) is 17.5 Å². The Kier molecular flexibility index (Phi) is 3.59. The zero-order chi connectivity index (χ0) is 15.1. The second-order valence-electron chi connectivity index (χ2n) is 4.66. The Labute approximate surface area is 129 Å². The van der Waals surface area contributed by atoms with Gasteiger partial charge in [0.2, 0.25) is 0 Å². The molecule has 3 aromatic rings. The summed E-state index contributed by atoms with van der Waals surface area (Å²) in [6, 6.07) is 7.43. The molecule has 3 rings (SSSR count). The standard InChI is InChI=1S/C15H10Cl2F2N2/c1-8-5-11(19)13(6-10(8)18)21-14(7-16)20-12-4-2-3-9(17)15(12)21/h2-6H,7H2,1H3. The molecule has 0 aliphatic rings. The summed E-state index contributed by atoms with van der Waals surface area (Å²) in [5, 5.41) is 0.400. The number of hydrogen-bond donors (Lipinski definition) is 0. The van der Waals surface area contributed by atoms with Crippen LogP contribution in [0.3, 0.4) is 0 Å². The van der Waals surface area contributed by atoms with Gasteiger partial charge < -0.3 is 0 Å². The number of aromatic nitrogens is 2. The van der Waals surface area contributed by atoms with Crippen molar-refractivity contribution in [2.45, 2.75) is 12.8 Å². The molecular formula is C15H10Cl2F2N2. The molecular weight excluding hydrogens is 317 g/mol. The highest BCUT2D eigenvalue weighted by Gasteiger charge is 2.18. The van der Waals surface area contributed by atoms with Gasteiger partial charge in [0.15, 0.2) is 0 Å². The number of nitrogens with zero attached hydrogens (tertiary/aromatic N) is 2. The minimum absolute atomic E-state index is 0.0457. The average Bonchev–Trinajstić information content (AvgIpc) is 2.82. The number of rotatable bonds is 2. The molecule has 0 bridgehead atoms. The Morgan fingerprint density at radius 1 is 1.19 bits per heavy atom. The van der Waals surface area contributed by atoms with Gasteiger partial charge >= 0.3 is 0 Å². The molecule has 1 heterocycles. The van der Waals surface area contributed by atoms with Gasteiger partial charge in [0.05, 0.1) is 27.6 Å². The summed E-state index contributed by atoms with van der Waals surface area (Å²) in [5.74, 6) is -0.595. The molecule has 1 aromatic heterocycles. The van der Waals surface area contributed by atoms with Crippen molar-refractivity contribution < 1.29 is 8.78 Å². The van der Waals surface area contributed by atoms with E-state index in [0.717, 1.165) is 12.1 Å². The van der Waals surface area contributed by atoms with E-state index in [4.69, 9.17) is 23.2 Å². The van der Waals surface area contributed by atoms with Gasteiger partial charge in [-0.15, -0.1) is 11.6 Å². The Bertz CT molecular complexity index is 843. The fourth-order valence-electron chi connectivity index (χ4n) is 2.29. The average molecular weight is 327 g/mol. The van der Waals surface area contributed by atoms with Crippen molar-refractivity contribution in [2.75, 3.05) is 0 Å². The first-order valence-electron chi connectivity index (χ1n) is 6.20. The van der Waals surface area contributed by atoms with Gasteiger partial charge in [-0.05, 0) is 30.7 Å². The molecule has 0 aliphatic carbocycles. The molecule has 2 nitrogen and oxygen atoms in total. The second kappa shape index (κ2) is 5.28. The van der Waals surface area contributed by atoms with Crippen LogP contribution < -0.4 is 0 Å². The molecule has 0 radical (unpaired) electrons. The quantitative estimate of drug-likeness (QED) is 0.605. The molecule has 21 heavy (non-hydrogen) atoms. The molecule has 0 atom stereocenters. The molecule has 0 saturated heterocycles. The molecule has 0 amide bonds. The number of alkyl halides is 1. The van der Waals surface area contributed by atoms with E-state index in [9.17, 15) is 8.78 Å². The first-order chi connectivity index (χ1) is 10.0. The van der Waals surface area contributed by atoms with Crippen LogP contribution in [0.4, 0.5) is 8.78 Å². The highest BCUT2D eigenvalue weighted by atomic mass is 35.5. The zero-order valence-corrected chi connectivity index (χ0v) is 12.5. The molecule has 0 unspecified atom stereocenters. The van der Waals surface area contributed by atoms with Crippen LogP contribution in [0.25, 0.3) is 16.7 Å². The lowest BCUT2D eigenvalue weighted by molar-refractivity contribution is 0.585. The van der Waals surface area contributed by atoms with Crippen LogP contribution in [0.2, 0.25) is 5.02 Å². The zero-order valence-electron chi connectivity index (χ0n) is 11.0. The molecule has 0 aliphatic heterocycles. The van der Waals surface area contributed by atoms with Crippen LogP contribution in [0.5, 0.6) is 0 Å². The van der Waals surface area contributed by atoms with Gasteiger partial charge in [-0.25, -0.2) is 13.8 Å². The molecule has 0 fully saturated rings. The smallest absolute Gasteiger partial charge is 0.147 e. The lowest BCUT2D eigenvalue weighted by atomic mass is 10.2. The maximum absolute atomic E-state index is 14.3. The first-order valence-corrected chi connectivity index (χ1v) is 7.12. The summed E-state index contributed by atoms with van der Waals surface area (Å²) in [4.78, 5) is 4.32. The van der Waals surface area contributed by atoms with E-state index >= 15 is 0 Å². The van der Waals surface area contributed by atoms with Crippen molar-refractivity contribution in [1.82, 2.24) is 9.55 Å². The maximum atomic E-state index is 14.3. The van der Waals surface area contributed by atoms with E-state index in [0.29, 0.717) is 21.9 Å². The predicted octanol–water partition coefficient (Wildman–Crippen LogP) is 5.00. The summed E-state index contributed by atoms with van der Waals surface area (Å²) in [7, 11) is 0. The molecule has 6 heteroatoms. The molecule has 0 N–H and O–H groups in total. The number of aryl methyl sites for hydroxylation is 1. The molecule has 2 aromatic carbocycles. The lowest BCUT2D eigenvalue weighted by Crippen LogP contribution is -2.04. The van der Waals surface area contributed by atoms with Gasteiger partial charge in [0, 0.05) is 6.07 Å². The van der Waals surface area contributed by atoms with Gasteiger partial charge in [-0.3, -0.25) is 4.57 Å². The first kappa shape index (κ1) is 14.3. The monoisotopic (exact) mass is 326 g/mol. The van der Waals surface area contributed by atoms with Crippen molar-refractivity contribution in [1.29, 1.82) is 0 Å². The van der Waals surface area contributed by atoms with E-state index in [1.54, 1.807) is 18.2 Å².